The molecule has 0 radical (unpaired) electrons. The zero-order valence-corrected chi connectivity index (χ0v) is 11.6. The summed E-state index contributed by atoms with van der Waals surface area (Å²) in [5, 5.41) is 0. The molecule has 0 aliphatic heterocycles. The highest BCUT2D eigenvalue weighted by Crippen LogP contribution is 2.33. The van der Waals surface area contributed by atoms with Crippen molar-refractivity contribution < 1.29 is 9.59 Å². The Labute approximate surface area is 127 Å². The highest BCUT2D eigenvalue weighted by molar-refractivity contribution is 6.52. The number of nitrogens with zero attached hydrogens (tertiary/aromatic N) is 1. The predicted molar refractivity (Wildman–Crippen MR) is 83.8 cm³/mol. The largest absolute Gasteiger partial charge is 0.285 e. The van der Waals surface area contributed by atoms with Crippen LogP contribution >= 0.6 is 0 Å². The van der Waals surface area contributed by atoms with E-state index in [0.29, 0.717) is 16.8 Å². The van der Waals surface area contributed by atoms with E-state index in [9.17, 15) is 9.59 Å². The zero-order valence-electron chi connectivity index (χ0n) is 11.6. The van der Waals surface area contributed by atoms with Crippen molar-refractivity contribution in [2.75, 3.05) is 0 Å². The molecule has 0 saturated heterocycles. The topological polar surface area (TPSA) is 47.0 Å². The summed E-state index contributed by atoms with van der Waals surface area (Å²) >= 11 is 0. The molecule has 3 aromatic rings. The Hall–Kier alpha value is -3.07. The molecule has 1 aliphatic carbocycles. The summed E-state index contributed by atoms with van der Waals surface area (Å²) in [6.07, 6.45) is 0. The van der Waals surface area contributed by atoms with Crippen LogP contribution in [0.15, 0.2) is 66.7 Å². The molecule has 0 spiro atoms. The van der Waals surface area contributed by atoms with Gasteiger partial charge >= 0.3 is 0 Å². The van der Waals surface area contributed by atoms with Crippen molar-refractivity contribution in [2.45, 2.75) is 0 Å². The van der Waals surface area contributed by atoms with Gasteiger partial charge in [-0.15, -0.1) is 0 Å². The van der Waals surface area contributed by atoms with Gasteiger partial charge in [0.2, 0.25) is 11.6 Å². The number of hydrogen-bond acceptors (Lipinski definition) is 3. The minimum Gasteiger partial charge on any atom is -0.285 e. The highest BCUT2D eigenvalue weighted by atomic mass is 16.2. The summed E-state index contributed by atoms with van der Waals surface area (Å²) in [5.74, 6) is -0.946. The van der Waals surface area contributed by atoms with Crippen molar-refractivity contribution in [3.63, 3.8) is 0 Å². The van der Waals surface area contributed by atoms with Crippen molar-refractivity contribution in [3.05, 3.63) is 77.9 Å². The summed E-state index contributed by atoms with van der Waals surface area (Å²) in [6.45, 7) is 0. The molecule has 0 atom stereocenters. The Balaban J connectivity index is 1.98. The molecule has 4 rings (SSSR count). The molecule has 0 N–H and O–H groups in total. The molecule has 22 heavy (non-hydrogen) atoms. The highest BCUT2D eigenvalue weighted by Gasteiger charge is 2.31. The van der Waals surface area contributed by atoms with E-state index in [2.05, 4.69) is 4.98 Å². The van der Waals surface area contributed by atoms with Crippen molar-refractivity contribution in [1.82, 2.24) is 4.98 Å². The van der Waals surface area contributed by atoms with Crippen LogP contribution < -0.4 is 0 Å². The first-order valence-electron chi connectivity index (χ1n) is 7.00. The second-order valence-electron chi connectivity index (χ2n) is 5.16. The van der Waals surface area contributed by atoms with Crippen LogP contribution in [0.1, 0.15) is 20.7 Å². The van der Waals surface area contributed by atoms with Crippen LogP contribution in [0.2, 0.25) is 0 Å². The van der Waals surface area contributed by atoms with Crippen LogP contribution in [0.3, 0.4) is 0 Å². The summed E-state index contributed by atoms with van der Waals surface area (Å²) in [4.78, 5) is 29.0. The molecule has 0 fully saturated rings. The Morgan fingerprint density at radius 3 is 2.00 bits per heavy atom. The molecule has 0 saturated carbocycles. The maximum Gasteiger partial charge on any atom is 0.235 e. The number of ketones is 2. The van der Waals surface area contributed by atoms with Gasteiger partial charge in [0.05, 0.1) is 17.0 Å². The van der Waals surface area contributed by atoms with Crippen LogP contribution in [0.4, 0.5) is 0 Å². The fourth-order valence-electron chi connectivity index (χ4n) is 2.75. The average molecular weight is 285 g/mol. The Morgan fingerprint density at radius 1 is 0.591 bits per heavy atom. The van der Waals surface area contributed by atoms with Crippen molar-refractivity contribution in [1.29, 1.82) is 0 Å². The van der Waals surface area contributed by atoms with E-state index in [1.54, 1.807) is 24.3 Å². The number of carbonyl (C=O) groups excluding carboxylic acids is 2. The smallest absolute Gasteiger partial charge is 0.235 e. The normalized spacial score (nSPS) is 12.7. The van der Waals surface area contributed by atoms with E-state index in [1.807, 2.05) is 42.5 Å². The molecular formula is C19H11NO2. The average Bonchev–Trinajstić information content (AvgIpc) is 2.60. The number of hydrogen-bond donors (Lipinski definition) is 0. The molecule has 0 bridgehead atoms. The minimum atomic E-state index is -0.485. The van der Waals surface area contributed by atoms with Gasteiger partial charge in [0.25, 0.3) is 0 Å². The maximum absolute atomic E-state index is 12.2. The third kappa shape index (κ3) is 1.79. The molecule has 1 aliphatic rings. The molecular weight excluding hydrogens is 274 g/mol. The monoisotopic (exact) mass is 285 g/mol. The zero-order chi connectivity index (χ0) is 15.1. The third-order valence-electron chi connectivity index (χ3n) is 3.84. The summed E-state index contributed by atoms with van der Waals surface area (Å²) in [6, 6.07) is 20.4. The molecule has 0 unspecified atom stereocenters. The lowest BCUT2D eigenvalue weighted by atomic mass is 9.87. The third-order valence-corrected chi connectivity index (χ3v) is 3.84. The van der Waals surface area contributed by atoms with Crippen molar-refractivity contribution >= 4 is 11.6 Å². The standard InChI is InChI=1S/C19H11NO2/c21-18-14-9-5-4-8-13(14)17-15(19(18)22)10-11-16(20-17)12-6-2-1-3-7-12/h1-11H. The second kappa shape index (κ2) is 4.74. The lowest BCUT2D eigenvalue weighted by Crippen LogP contribution is -2.21. The maximum atomic E-state index is 12.2. The summed E-state index contributed by atoms with van der Waals surface area (Å²) in [7, 11) is 0. The SMILES string of the molecule is O=C1C(=O)c2ccc(-c3ccccc3)nc2-c2ccccc21. The molecule has 104 valence electrons. The van der Waals surface area contributed by atoms with Crippen LogP contribution in [0.25, 0.3) is 22.5 Å². The van der Waals surface area contributed by atoms with E-state index >= 15 is 0 Å². The van der Waals surface area contributed by atoms with E-state index in [1.165, 1.54) is 0 Å². The number of fused-ring (bicyclic) bond motifs is 3. The Bertz CT molecular complexity index is 914. The van der Waals surface area contributed by atoms with Crippen LogP contribution in [-0.4, -0.2) is 16.6 Å². The molecule has 0 amide bonds. The molecule has 3 heteroatoms. The van der Waals surface area contributed by atoms with Gasteiger partial charge in [0.1, 0.15) is 0 Å². The van der Waals surface area contributed by atoms with Gasteiger partial charge < -0.3 is 0 Å². The first-order chi connectivity index (χ1) is 10.8. The van der Waals surface area contributed by atoms with Gasteiger partial charge in [-0.05, 0) is 12.1 Å². The predicted octanol–water partition coefficient (Wildman–Crippen LogP) is 3.79. The number of Topliss-reactive ketones (excluding diaryl/α,β-unsaturated/α-hetero) is 2. The molecule has 1 aromatic heterocycles. The summed E-state index contributed by atoms with van der Waals surface area (Å²) in [5.41, 5.74) is 3.88. The Morgan fingerprint density at radius 2 is 1.23 bits per heavy atom. The van der Waals surface area contributed by atoms with E-state index in [-0.39, 0.29) is 0 Å². The van der Waals surface area contributed by atoms with Gasteiger partial charge in [0.15, 0.2) is 0 Å². The van der Waals surface area contributed by atoms with E-state index in [4.69, 9.17) is 0 Å². The number of aromatic nitrogens is 1. The lowest BCUT2D eigenvalue weighted by molar-refractivity contribution is 0.0815. The van der Waals surface area contributed by atoms with Gasteiger partial charge in [-0.3, -0.25) is 9.59 Å². The van der Waals surface area contributed by atoms with Gasteiger partial charge in [0, 0.05) is 16.7 Å². The number of rotatable bonds is 1. The van der Waals surface area contributed by atoms with Gasteiger partial charge in [-0.1, -0.05) is 54.6 Å². The fourth-order valence-corrected chi connectivity index (χ4v) is 2.75. The van der Waals surface area contributed by atoms with Gasteiger partial charge in [-0.2, -0.15) is 0 Å². The first-order valence-corrected chi connectivity index (χ1v) is 7.00. The first kappa shape index (κ1) is 12.7. The number of pyridine rings is 1. The van der Waals surface area contributed by atoms with Gasteiger partial charge in [-0.25, -0.2) is 4.98 Å². The molecule has 2 aromatic carbocycles. The minimum absolute atomic E-state index is 0.378. The quantitative estimate of drug-likeness (QED) is 0.639. The summed E-state index contributed by atoms with van der Waals surface area (Å²) < 4.78 is 0. The number of benzene rings is 2. The van der Waals surface area contributed by atoms with E-state index in [0.717, 1.165) is 16.8 Å². The van der Waals surface area contributed by atoms with Crippen LogP contribution in [-0.2, 0) is 0 Å². The van der Waals surface area contributed by atoms with Crippen molar-refractivity contribution in [2.24, 2.45) is 0 Å². The second-order valence-corrected chi connectivity index (χ2v) is 5.16. The molecule has 3 nitrogen and oxygen atoms in total. The van der Waals surface area contributed by atoms with Crippen molar-refractivity contribution in [3.8, 4) is 22.5 Å². The Kier molecular flexibility index (Phi) is 2.73. The fraction of sp³-hybridized carbons (Fsp3) is 0. The lowest BCUT2D eigenvalue weighted by Gasteiger charge is -2.17. The molecule has 1 heterocycles. The number of carbonyl (C=O) groups is 2. The van der Waals surface area contributed by atoms with Crippen LogP contribution in [0.5, 0.6) is 0 Å². The van der Waals surface area contributed by atoms with Crippen LogP contribution in [0, 0.1) is 0 Å². The van der Waals surface area contributed by atoms with E-state index < -0.39 is 11.6 Å².